The molecule has 1 aliphatic heterocycles. The molecule has 0 radical (unpaired) electrons. The van der Waals surface area contributed by atoms with Crippen molar-refractivity contribution in [1.29, 1.82) is 0 Å². The maximum absolute atomic E-state index is 12.3. The van der Waals surface area contributed by atoms with E-state index in [-0.39, 0.29) is 30.4 Å². The molecule has 4 nitrogen and oxygen atoms in total. The van der Waals surface area contributed by atoms with Gasteiger partial charge in [0.15, 0.2) is 0 Å². The van der Waals surface area contributed by atoms with Gasteiger partial charge in [0.2, 0.25) is 0 Å². The zero-order valence-electron chi connectivity index (χ0n) is 14.0. The van der Waals surface area contributed by atoms with E-state index >= 15 is 0 Å². The topological polar surface area (TPSA) is 52.6 Å². The van der Waals surface area contributed by atoms with Gasteiger partial charge in [0.25, 0.3) is 0 Å². The largest absolute Gasteiger partial charge is 0.465 e. The van der Waals surface area contributed by atoms with Crippen LogP contribution in [-0.2, 0) is 19.1 Å². The molecule has 4 heteroatoms. The van der Waals surface area contributed by atoms with Crippen LogP contribution in [0.25, 0.3) is 0 Å². The number of cyclic esters (lactones) is 1. The third-order valence-electron chi connectivity index (χ3n) is 3.90. The van der Waals surface area contributed by atoms with Crippen LogP contribution in [-0.4, -0.2) is 24.6 Å². The molecule has 0 aromatic rings. The number of unbranched alkanes of at least 4 members (excludes halogenated alkanes) is 2. The van der Waals surface area contributed by atoms with Crippen LogP contribution in [0, 0.1) is 5.92 Å². The summed E-state index contributed by atoms with van der Waals surface area (Å²) in [7, 11) is 0. The number of rotatable bonds is 10. The van der Waals surface area contributed by atoms with Crippen molar-refractivity contribution >= 4 is 11.9 Å². The Morgan fingerprint density at radius 2 is 2.05 bits per heavy atom. The van der Waals surface area contributed by atoms with Crippen molar-refractivity contribution in [3.63, 3.8) is 0 Å². The Morgan fingerprint density at radius 1 is 1.27 bits per heavy atom. The number of allylic oxidation sites excluding steroid dienone is 2. The van der Waals surface area contributed by atoms with Gasteiger partial charge in [-0.1, -0.05) is 38.8 Å². The van der Waals surface area contributed by atoms with Gasteiger partial charge in [0.1, 0.15) is 6.10 Å². The Balaban J connectivity index is 2.33. The maximum atomic E-state index is 12.3. The summed E-state index contributed by atoms with van der Waals surface area (Å²) in [6, 6.07) is 0. The summed E-state index contributed by atoms with van der Waals surface area (Å²) in [5.74, 6) is -0.446. The smallest absolute Gasteiger partial charge is 0.309 e. The van der Waals surface area contributed by atoms with Crippen molar-refractivity contribution < 1.29 is 19.1 Å². The van der Waals surface area contributed by atoms with Crippen LogP contribution in [0.3, 0.4) is 0 Å². The third-order valence-corrected chi connectivity index (χ3v) is 3.90. The molecule has 1 rings (SSSR count). The summed E-state index contributed by atoms with van der Waals surface area (Å²) in [6.07, 6.45) is 11.9. The zero-order chi connectivity index (χ0) is 16.2. The van der Waals surface area contributed by atoms with E-state index in [9.17, 15) is 9.59 Å². The average molecular weight is 310 g/mol. The fourth-order valence-corrected chi connectivity index (χ4v) is 2.63. The van der Waals surface area contributed by atoms with E-state index in [2.05, 4.69) is 26.0 Å². The van der Waals surface area contributed by atoms with Gasteiger partial charge in [-0.2, -0.15) is 0 Å². The summed E-state index contributed by atoms with van der Waals surface area (Å²) < 4.78 is 10.4. The molecule has 0 saturated carbocycles. The predicted molar refractivity (Wildman–Crippen MR) is 86.4 cm³/mol. The number of hydrogen-bond acceptors (Lipinski definition) is 4. The Hall–Kier alpha value is -1.32. The van der Waals surface area contributed by atoms with Crippen molar-refractivity contribution in [1.82, 2.24) is 0 Å². The molecule has 126 valence electrons. The molecule has 0 aliphatic carbocycles. The normalized spacial score (nSPS) is 19.9. The predicted octanol–water partition coefficient (Wildman–Crippen LogP) is 4.18. The highest BCUT2D eigenvalue weighted by molar-refractivity contribution is 5.74. The molecule has 2 unspecified atom stereocenters. The molecule has 0 spiro atoms. The molecule has 22 heavy (non-hydrogen) atoms. The molecule has 0 bridgehead atoms. The van der Waals surface area contributed by atoms with Crippen molar-refractivity contribution in [2.24, 2.45) is 5.92 Å². The lowest BCUT2D eigenvalue weighted by Crippen LogP contribution is -2.31. The number of ether oxygens (including phenoxy) is 2. The molecule has 1 aliphatic rings. The van der Waals surface area contributed by atoms with E-state index < -0.39 is 0 Å². The lowest BCUT2D eigenvalue weighted by atomic mass is 9.96. The number of carbonyl (C=O) groups excluding carboxylic acids is 2. The highest BCUT2D eigenvalue weighted by atomic mass is 16.6. The van der Waals surface area contributed by atoms with Gasteiger partial charge in [-0.3, -0.25) is 9.59 Å². The summed E-state index contributed by atoms with van der Waals surface area (Å²) in [4.78, 5) is 23.5. The Kier molecular flexibility index (Phi) is 9.60. The molecule has 0 aromatic carbocycles. The minimum atomic E-state index is -0.294. The Bertz CT molecular complexity index is 362. The zero-order valence-corrected chi connectivity index (χ0v) is 14.0. The SMILES string of the molecule is CCCC=CCCCC(CCC)C(=O)OC1CCOC(=O)C1. The molecule has 1 saturated heterocycles. The lowest BCUT2D eigenvalue weighted by molar-refractivity contribution is -0.165. The first-order chi connectivity index (χ1) is 10.7. The second-order valence-corrected chi connectivity index (χ2v) is 5.95. The summed E-state index contributed by atoms with van der Waals surface area (Å²) in [5.41, 5.74) is 0. The van der Waals surface area contributed by atoms with Gasteiger partial charge < -0.3 is 9.47 Å². The minimum Gasteiger partial charge on any atom is -0.465 e. The van der Waals surface area contributed by atoms with Crippen LogP contribution < -0.4 is 0 Å². The van der Waals surface area contributed by atoms with Gasteiger partial charge in [-0.25, -0.2) is 0 Å². The number of esters is 2. The van der Waals surface area contributed by atoms with Crippen molar-refractivity contribution in [2.75, 3.05) is 6.61 Å². The third kappa shape index (κ3) is 7.62. The number of hydrogen-bond donors (Lipinski definition) is 0. The van der Waals surface area contributed by atoms with Gasteiger partial charge in [0, 0.05) is 6.42 Å². The van der Waals surface area contributed by atoms with Gasteiger partial charge in [-0.05, 0) is 32.1 Å². The highest BCUT2D eigenvalue weighted by Gasteiger charge is 2.27. The quantitative estimate of drug-likeness (QED) is 0.345. The van der Waals surface area contributed by atoms with Crippen LogP contribution in [0.4, 0.5) is 0 Å². The fraction of sp³-hybridized carbons (Fsp3) is 0.778. The minimum absolute atomic E-state index is 0.0393. The Labute approximate surface area is 134 Å². The van der Waals surface area contributed by atoms with Gasteiger partial charge >= 0.3 is 11.9 Å². The van der Waals surface area contributed by atoms with E-state index in [4.69, 9.17) is 9.47 Å². The van der Waals surface area contributed by atoms with Crippen LogP contribution >= 0.6 is 0 Å². The van der Waals surface area contributed by atoms with Gasteiger partial charge in [-0.15, -0.1) is 0 Å². The van der Waals surface area contributed by atoms with Crippen LogP contribution in [0.1, 0.15) is 71.6 Å². The van der Waals surface area contributed by atoms with Crippen molar-refractivity contribution in [3.05, 3.63) is 12.2 Å². The molecule has 1 fully saturated rings. The summed E-state index contributed by atoms with van der Waals surface area (Å²) in [6.45, 7) is 4.61. The average Bonchev–Trinajstić information content (AvgIpc) is 2.49. The van der Waals surface area contributed by atoms with Crippen molar-refractivity contribution in [3.8, 4) is 0 Å². The fourth-order valence-electron chi connectivity index (χ4n) is 2.63. The standard InChI is InChI=1S/C18H30O4/c1-3-5-6-7-8-9-11-15(10-4-2)18(20)22-16-12-13-21-17(19)14-16/h6-7,15-16H,3-5,8-14H2,1-2H3. The monoisotopic (exact) mass is 310 g/mol. The second kappa shape index (κ2) is 11.3. The van der Waals surface area contributed by atoms with Crippen LogP contribution in [0.15, 0.2) is 12.2 Å². The lowest BCUT2D eigenvalue weighted by Gasteiger charge is -2.24. The van der Waals surface area contributed by atoms with Gasteiger partial charge in [0.05, 0.1) is 18.9 Å². The Morgan fingerprint density at radius 3 is 2.73 bits per heavy atom. The van der Waals surface area contributed by atoms with E-state index in [1.165, 1.54) is 6.42 Å². The summed E-state index contributed by atoms with van der Waals surface area (Å²) >= 11 is 0. The van der Waals surface area contributed by atoms with E-state index in [1.54, 1.807) is 0 Å². The second-order valence-electron chi connectivity index (χ2n) is 5.95. The highest BCUT2D eigenvalue weighted by Crippen LogP contribution is 2.20. The molecule has 0 aromatic heterocycles. The van der Waals surface area contributed by atoms with Crippen LogP contribution in [0.5, 0.6) is 0 Å². The first-order valence-electron chi connectivity index (χ1n) is 8.68. The summed E-state index contributed by atoms with van der Waals surface area (Å²) in [5, 5.41) is 0. The molecular weight excluding hydrogens is 280 g/mol. The first kappa shape index (κ1) is 18.7. The van der Waals surface area contributed by atoms with Crippen molar-refractivity contribution in [2.45, 2.75) is 77.7 Å². The number of carbonyl (C=O) groups is 2. The van der Waals surface area contributed by atoms with E-state index in [1.807, 2.05) is 0 Å². The molecule has 0 N–H and O–H groups in total. The molecular formula is C18H30O4. The molecule has 0 amide bonds. The molecule has 1 heterocycles. The van der Waals surface area contributed by atoms with Crippen LogP contribution in [0.2, 0.25) is 0 Å². The van der Waals surface area contributed by atoms with E-state index in [0.29, 0.717) is 13.0 Å². The first-order valence-corrected chi connectivity index (χ1v) is 8.68. The maximum Gasteiger partial charge on any atom is 0.309 e. The van der Waals surface area contributed by atoms with E-state index in [0.717, 1.165) is 38.5 Å². The molecule has 2 atom stereocenters.